The summed E-state index contributed by atoms with van der Waals surface area (Å²) < 4.78 is 52.4. The summed E-state index contributed by atoms with van der Waals surface area (Å²) in [6.07, 6.45) is 0.441. The number of nitrogens with zero attached hydrogens (tertiary/aromatic N) is 1. The van der Waals surface area contributed by atoms with Crippen LogP contribution in [0.4, 0.5) is 13.2 Å². The van der Waals surface area contributed by atoms with Crippen molar-refractivity contribution in [2.45, 2.75) is 32.7 Å². The number of carbonyl (C=O) groups is 2. The molecule has 1 aromatic heterocycles. The zero-order valence-corrected chi connectivity index (χ0v) is 21.1. The number of carboxylic acids is 1. The maximum Gasteiger partial charge on any atom is 0.310 e. The third-order valence-corrected chi connectivity index (χ3v) is 6.17. The van der Waals surface area contributed by atoms with Gasteiger partial charge in [-0.15, -0.1) is 0 Å². The van der Waals surface area contributed by atoms with Crippen LogP contribution in [0, 0.1) is 24.4 Å². The first kappa shape index (κ1) is 27.4. The Hall–Kier alpha value is -4.60. The number of halogens is 3. The molecular weight excluding hydrogens is 513 g/mol. The molecule has 0 saturated carbocycles. The van der Waals surface area contributed by atoms with E-state index in [-0.39, 0.29) is 19.2 Å². The molecule has 10 heteroatoms. The molecule has 3 aromatic carbocycles. The molecule has 1 amide bonds. The summed E-state index contributed by atoms with van der Waals surface area (Å²) in [4.78, 5) is 28.6. The molecule has 0 bridgehead atoms. The second kappa shape index (κ2) is 11.8. The molecule has 0 radical (unpaired) electrons. The molecule has 202 valence electrons. The Labute approximate surface area is 222 Å². The number of ether oxygens (including phenoxy) is 1. The van der Waals surface area contributed by atoms with Crippen LogP contribution in [0.2, 0.25) is 0 Å². The quantitative estimate of drug-likeness (QED) is 0.247. The molecule has 1 unspecified atom stereocenters. The molecule has 39 heavy (non-hydrogen) atoms. The summed E-state index contributed by atoms with van der Waals surface area (Å²) in [6, 6.07) is 15.0. The number of hydrogen-bond donors (Lipinski definition) is 2. The molecule has 2 N–H and O–H groups in total. The van der Waals surface area contributed by atoms with Gasteiger partial charge in [-0.05, 0) is 55.3 Å². The minimum absolute atomic E-state index is 0.204. The molecule has 0 spiro atoms. The van der Waals surface area contributed by atoms with Crippen molar-refractivity contribution in [2.24, 2.45) is 0 Å². The van der Waals surface area contributed by atoms with Crippen molar-refractivity contribution >= 4 is 11.9 Å². The second-order valence-electron chi connectivity index (χ2n) is 8.84. The van der Waals surface area contributed by atoms with Crippen molar-refractivity contribution < 1.29 is 37.0 Å². The van der Waals surface area contributed by atoms with Crippen LogP contribution < -0.4 is 10.1 Å². The Kier molecular flexibility index (Phi) is 8.33. The van der Waals surface area contributed by atoms with E-state index in [2.05, 4.69) is 10.3 Å². The first-order valence-corrected chi connectivity index (χ1v) is 12.1. The van der Waals surface area contributed by atoms with Crippen LogP contribution in [0.25, 0.3) is 11.5 Å². The van der Waals surface area contributed by atoms with Crippen molar-refractivity contribution in [1.29, 1.82) is 0 Å². The first-order chi connectivity index (χ1) is 18.6. The lowest BCUT2D eigenvalue weighted by molar-refractivity contribution is -0.138. The van der Waals surface area contributed by atoms with Crippen molar-refractivity contribution in [2.75, 3.05) is 6.61 Å². The fourth-order valence-corrected chi connectivity index (χ4v) is 3.98. The number of oxazole rings is 1. The van der Waals surface area contributed by atoms with Crippen LogP contribution in [0.3, 0.4) is 0 Å². The smallest absolute Gasteiger partial charge is 0.310 e. The Balaban J connectivity index is 1.47. The summed E-state index contributed by atoms with van der Waals surface area (Å²) in [5.74, 6) is -5.41. The molecule has 0 aliphatic rings. The second-order valence-corrected chi connectivity index (χ2v) is 8.84. The fraction of sp³-hybridized carbons (Fsp3) is 0.207. The van der Waals surface area contributed by atoms with Crippen molar-refractivity contribution in [3.8, 4) is 17.2 Å². The van der Waals surface area contributed by atoms with Gasteiger partial charge in [0, 0.05) is 24.6 Å². The van der Waals surface area contributed by atoms with E-state index in [0.717, 1.165) is 11.3 Å². The molecule has 4 aromatic rings. The van der Waals surface area contributed by atoms with Crippen LogP contribution in [0.5, 0.6) is 5.75 Å². The van der Waals surface area contributed by atoms with Crippen LogP contribution in [0.1, 0.15) is 45.8 Å². The fourth-order valence-electron chi connectivity index (χ4n) is 3.98. The van der Waals surface area contributed by atoms with E-state index in [0.29, 0.717) is 41.0 Å². The highest BCUT2D eigenvalue weighted by Crippen LogP contribution is 2.26. The van der Waals surface area contributed by atoms with Gasteiger partial charge in [0.2, 0.25) is 5.89 Å². The molecule has 0 fully saturated rings. The van der Waals surface area contributed by atoms with E-state index in [1.165, 1.54) is 6.92 Å². The summed E-state index contributed by atoms with van der Waals surface area (Å²) >= 11 is 0. The highest BCUT2D eigenvalue weighted by atomic mass is 19.2. The zero-order chi connectivity index (χ0) is 28.1. The normalized spacial score (nSPS) is 11.7. The Bertz CT molecular complexity index is 1500. The van der Waals surface area contributed by atoms with Crippen LogP contribution in [-0.2, 0) is 17.8 Å². The summed E-state index contributed by atoms with van der Waals surface area (Å²) in [5, 5.41) is 11.9. The van der Waals surface area contributed by atoms with E-state index in [1.54, 1.807) is 18.2 Å². The number of aryl methyl sites for hydroxylation is 1. The standard InChI is InChI=1S/C29H25F3N2O5/c1-16(29(36)37)21-9-8-20(12-19(21)15-33-27(35)22-13-24(31)25(32)14-23(22)30)38-11-10-26-17(2)39-28(34-26)18-6-4-3-5-7-18/h3-9,12-14,16H,10-11,15H2,1-2H3,(H,33,35)(H,36,37). The Morgan fingerprint density at radius 3 is 2.46 bits per heavy atom. The average Bonchev–Trinajstić information content (AvgIpc) is 3.29. The van der Waals surface area contributed by atoms with E-state index in [1.807, 2.05) is 37.3 Å². The number of rotatable bonds is 10. The third kappa shape index (κ3) is 6.46. The number of amides is 1. The predicted octanol–water partition coefficient (Wildman–Crippen LogP) is 5.81. The Morgan fingerprint density at radius 1 is 1.03 bits per heavy atom. The maximum absolute atomic E-state index is 14.0. The van der Waals surface area contributed by atoms with Gasteiger partial charge in [0.05, 0.1) is 23.8 Å². The lowest BCUT2D eigenvalue weighted by Gasteiger charge is -2.16. The van der Waals surface area contributed by atoms with E-state index < -0.39 is 40.8 Å². The molecule has 1 atom stereocenters. The number of carboxylic acid groups (broad SMARTS) is 1. The number of aromatic nitrogens is 1. The van der Waals surface area contributed by atoms with Crippen molar-refractivity contribution in [3.63, 3.8) is 0 Å². The largest absolute Gasteiger partial charge is 0.493 e. The van der Waals surface area contributed by atoms with Gasteiger partial charge in [0.15, 0.2) is 11.6 Å². The number of carbonyl (C=O) groups excluding carboxylic acids is 1. The lowest BCUT2D eigenvalue weighted by atomic mass is 9.95. The minimum Gasteiger partial charge on any atom is -0.493 e. The molecule has 0 saturated heterocycles. The average molecular weight is 539 g/mol. The van der Waals surface area contributed by atoms with E-state index >= 15 is 0 Å². The van der Waals surface area contributed by atoms with Crippen LogP contribution >= 0.6 is 0 Å². The number of hydrogen-bond acceptors (Lipinski definition) is 5. The third-order valence-electron chi connectivity index (χ3n) is 6.17. The van der Waals surface area contributed by atoms with Crippen molar-refractivity contribution in [3.05, 3.63) is 106 Å². The monoisotopic (exact) mass is 538 g/mol. The predicted molar refractivity (Wildman–Crippen MR) is 136 cm³/mol. The van der Waals surface area contributed by atoms with Gasteiger partial charge in [0.25, 0.3) is 5.91 Å². The van der Waals surface area contributed by atoms with Gasteiger partial charge in [-0.25, -0.2) is 18.2 Å². The maximum atomic E-state index is 14.0. The lowest BCUT2D eigenvalue weighted by Crippen LogP contribution is -2.25. The number of nitrogens with one attached hydrogen (secondary N) is 1. The summed E-state index contributed by atoms with van der Waals surface area (Å²) in [6.45, 7) is 3.33. The first-order valence-electron chi connectivity index (χ1n) is 12.1. The van der Waals surface area contributed by atoms with Gasteiger partial charge in [-0.1, -0.05) is 24.3 Å². The highest BCUT2D eigenvalue weighted by molar-refractivity contribution is 5.94. The number of benzene rings is 3. The Morgan fingerprint density at radius 2 is 1.74 bits per heavy atom. The number of aliphatic carboxylic acids is 1. The van der Waals surface area contributed by atoms with Crippen LogP contribution in [0.15, 0.2) is 65.1 Å². The van der Waals surface area contributed by atoms with Gasteiger partial charge < -0.3 is 19.6 Å². The van der Waals surface area contributed by atoms with E-state index in [9.17, 15) is 27.9 Å². The molecule has 0 aliphatic carbocycles. The molecule has 7 nitrogen and oxygen atoms in total. The van der Waals surface area contributed by atoms with Gasteiger partial charge in [0.1, 0.15) is 17.3 Å². The molecule has 0 aliphatic heterocycles. The van der Waals surface area contributed by atoms with Gasteiger partial charge in [-0.2, -0.15) is 0 Å². The molecule has 4 rings (SSSR count). The zero-order valence-electron chi connectivity index (χ0n) is 21.1. The topological polar surface area (TPSA) is 102 Å². The SMILES string of the molecule is Cc1oc(-c2ccccc2)nc1CCOc1ccc(C(C)C(=O)O)c(CNC(=O)c2cc(F)c(F)cc2F)c1. The van der Waals surface area contributed by atoms with Gasteiger partial charge in [-0.3, -0.25) is 9.59 Å². The van der Waals surface area contributed by atoms with E-state index in [4.69, 9.17) is 9.15 Å². The highest BCUT2D eigenvalue weighted by Gasteiger charge is 2.21. The van der Waals surface area contributed by atoms with Crippen LogP contribution in [-0.4, -0.2) is 28.6 Å². The minimum atomic E-state index is -1.41. The van der Waals surface area contributed by atoms with Crippen molar-refractivity contribution in [1.82, 2.24) is 10.3 Å². The molecule has 1 heterocycles. The van der Waals surface area contributed by atoms with Gasteiger partial charge >= 0.3 is 5.97 Å². The summed E-state index contributed by atoms with van der Waals surface area (Å²) in [7, 11) is 0. The molecular formula is C29H25F3N2O5. The summed E-state index contributed by atoms with van der Waals surface area (Å²) in [5.41, 5.74) is 1.72.